The average Bonchev–Trinajstić information content (AvgIpc) is 2.68. The molecule has 1 aromatic heterocycles. The molecule has 2 rings (SSSR count). The zero-order valence-electron chi connectivity index (χ0n) is 10.3. The van der Waals surface area contributed by atoms with Crippen LogP contribution in [0.4, 0.5) is 0 Å². The number of sulfonamides is 1. The molecule has 2 aromatic rings. The van der Waals surface area contributed by atoms with Gasteiger partial charge in [0.2, 0.25) is 10.0 Å². The first kappa shape index (κ1) is 15.9. The van der Waals surface area contributed by atoms with Gasteiger partial charge < -0.3 is 5.32 Å². The molecular formula is C12H12BrClN2O2S2. The van der Waals surface area contributed by atoms with Crippen molar-refractivity contribution in [3.8, 4) is 0 Å². The minimum absolute atomic E-state index is 0.121. The van der Waals surface area contributed by atoms with E-state index in [1.807, 2.05) is 6.07 Å². The highest BCUT2D eigenvalue weighted by atomic mass is 79.9. The lowest BCUT2D eigenvalue weighted by atomic mass is 10.2. The zero-order valence-corrected chi connectivity index (χ0v) is 14.2. The predicted molar refractivity (Wildman–Crippen MR) is 85.4 cm³/mol. The Kier molecular flexibility index (Phi) is 5.22. The van der Waals surface area contributed by atoms with Crippen molar-refractivity contribution in [2.45, 2.75) is 18.0 Å². The van der Waals surface area contributed by atoms with E-state index in [1.54, 1.807) is 12.1 Å². The molecule has 0 aliphatic rings. The van der Waals surface area contributed by atoms with Gasteiger partial charge in [-0.25, -0.2) is 13.6 Å². The maximum Gasteiger partial charge on any atom is 0.238 e. The first-order valence-corrected chi connectivity index (χ1v) is 9.16. The number of thiophene rings is 1. The number of nitrogens with one attached hydrogen (secondary N) is 1. The minimum atomic E-state index is -3.62. The van der Waals surface area contributed by atoms with Crippen LogP contribution in [0.1, 0.15) is 10.4 Å². The van der Waals surface area contributed by atoms with Gasteiger partial charge in [0.1, 0.15) is 4.34 Å². The summed E-state index contributed by atoms with van der Waals surface area (Å²) in [5, 5.41) is 8.31. The smallest absolute Gasteiger partial charge is 0.238 e. The Balaban J connectivity index is 1.91. The first-order chi connectivity index (χ1) is 9.36. The van der Waals surface area contributed by atoms with Crippen LogP contribution in [-0.4, -0.2) is 8.42 Å². The summed E-state index contributed by atoms with van der Waals surface area (Å²) in [5.74, 6) is 0. The van der Waals surface area contributed by atoms with E-state index in [1.165, 1.54) is 23.5 Å². The molecule has 0 radical (unpaired) electrons. The van der Waals surface area contributed by atoms with Gasteiger partial charge in [0.15, 0.2) is 0 Å². The third kappa shape index (κ3) is 4.28. The summed E-state index contributed by atoms with van der Waals surface area (Å²) in [5.41, 5.74) is 0.985. The van der Waals surface area contributed by atoms with E-state index in [0.717, 1.165) is 19.2 Å². The predicted octanol–water partition coefficient (Wildman–Crippen LogP) is 3.10. The molecular weight excluding hydrogens is 384 g/mol. The average molecular weight is 396 g/mol. The van der Waals surface area contributed by atoms with Gasteiger partial charge >= 0.3 is 0 Å². The number of hydrogen-bond acceptors (Lipinski definition) is 4. The lowest BCUT2D eigenvalue weighted by molar-refractivity contribution is 0.597. The molecule has 0 amide bonds. The molecule has 0 fully saturated rings. The van der Waals surface area contributed by atoms with Gasteiger partial charge in [-0.1, -0.05) is 23.7 Å². The molecule has 0 atom stereocenters. The van der Waals surface area contributed by atoms with Gasteiger partial charge in [-0.05, 0) is 39.7 Å². The Morgan fingerprint density at radius 1 is 1.25 bits per heavy atom. The molecule has 0 spiro atoms. The summed E-state index contributed by atoms with van der Waals surface area (Å²) in [6.45, 7) is 1.34. The number of hydrogen-bond donors (Lipinski definition) is 2. The van der Waals surface area contributed by atoms with Crippen molar-refractivity contribution < 1.29 is 8.42 Å². The molecule has 8 heteroatoms. The van der Waals surface area contributed by atoms with Crippen LogP contribution < -0.4 is 10.5 Å². The van der Waals surface area contributed by atoms with Crippen LogP contribution in [0.2, 0.25) is 4.34 Å². The molecule has 0 aliphatic carbocycles. The van der Waals surface area contributed by atoms with Crippen LogP contribution >= 0.6 is 38.9 Å². The second-order valence-corrected chi connectivity index (χ2v) is 8.28. The van der Waals surface area contributed by atoms with E-state index in [0.29, 0.717) is 13.1 Å². The topological polar surface area (TPSA) is 72.2 Å². The summed E-state index contributed by atoms with van der Waals surface area (Å²) < 4.78 is 23.9. The van der Waals surface area contributed by atoms with Crippen molar-refractivity contribution in [2.24, 2.45) is 5.14 Å². The van der Waals surface area contributed by atoms with Gasteiger partial charge in [-0.3, -0.25) is 0 Å². The summed E-state index contributed by atoms with van der Waals surface area (Å²) in [6, 6.07) is 8.47. The monoisotopic (exact) mass is 394 g/mol. The van der Waals surface area contributed by atoms with Crippen molar-refractivity contribution in [1.82, 2.24) is 5.32 Å². The Bertz CT molecular complexity index is 679. The molecule has 108 valence electrons. The summed E-state index contributed by atoms with van der Waals surface area (Å²) in [4.78, 5) is 1.25. The summed E-state index contributed by atoms with van der Waals surface area (Å²) in [7, 11) is -3.62. The maximum atomic E-state index is 11.1. The van der Waals surface area contributed by atoms with E-state index in [2.05, 4.69) is 21.2 Å². The number of nitrogens with two attached hydrogens (primary N) is 1. The molecule has 0 bridgehead atoms. The maximum absolute atomic E-state index is 11.1. The van der Waals surface area contributed by atoms with E-state index in [-0.39, 0.29) is 4.90 Å². The zero-order chi connectivity index (χ0) is 14.8. The van der Waals surface area contributed by atoms with Gasteiger partial charge in [-0.15, -0.1) is 11.3 Å². The molecule has 0 aliphatic heterocycles. The first-order valence-electron chi connectivity index (χ1n) is 5.62. The number of halogens is 2. The lowest BCUT2D eigenvalue weighted by Crippen LogP contribution is -2.13. The number of benzene rings is 1. The molecule has 4 nitrogen and oxygen atoms in total. The highest BCUT2D eigenvalue weighted by molar-refractivity contribution is 9.10. The van der Waals surface area contributed by atoms with Gasteiger partial charge in [0, 0.05) is 22.4 Å². The molecule has 0 saturated heterocycles. The van der Waals surface area contributed by atoms with Crippen LogP contribution in [0.15, 0.2) is 39.7 Å². The summed E-state index contributed by atoms with van der Waals surface area (Å²) in [6.07, 6.45) is 0. The number of rotatable bonds is 5. The highest BCUT2D eigenvalue weighted by Crippen LogP contribution is 2.31. The Morgan fingerprint density at radius 3 is 2.40 bits per heavy atom. The third-order valence-corrected chi connectivity index (χ3v) is 5.98. The van der Waals surface area contributed by atoms with Crippen LogP contribution in [0.5, 0.6) is 0 Å². The van der Waals surface area contributed by atoms with Crippen LogP contribution in [0, 0.1) is 0 Å². The minimum Gasteiger partial charge on any atom is -0.308 e. The van der Waals surface area contributed by atoms with Crippen molar-refractivity contribution >= 4 is 48.9 Å². The molecule has 1 heterocycles. The van der Waals surface area contributed by atoms with Crippen LogP contribution in [-0.2, 0) is 23.1 Å². The van der Waals surface area contributed by atoms with E-state index in [9.17, 15) is 8.42 Å². The standard InChI is InChI=1S/C12H12BrClN2O2S2/c13-11-5-9(19-12(11)14)7-16-6-8-1-3-10(4-2-8)20(15,17)18/h1-5,16H,6-7H2,(H2,15,17,18). The Morgan fingerprint density at radius 2 is 1.90 bits per heavy atom. The second-order valence-electron chi connectivity index (χ2n) is 4.13. The fraction of sp³-hybridized carbons (Fsp3) is 0.167. The molecule has 3 N–H and O–H groups in total. The Labute approximate surface area is 135 Å². The van der Waals surface area contributed by atoms with Gasteiger partial charge in [-0.2, -0.15) is 0 Å². The lowest BCUT2D eigenvalue weighted by Gasteiger charge is -2.04. The van der Waals surface area contributed by atoms with E-state index in [4.69, 9.17) is 16.7 Å². The second kappa shape index (κ2) is 6.55. The van der Waals surface area contributed by atoms with Crippen molar-refractivity contribution in [3.05, 3.63) is 49.6 Å². The SMILES string of the molecule is NS(=O)(=O)c1ccc(CNCc2cc(Br)c(Cl)s2)cc1. The fourth-order valence-corrected chi connectivity index (χ4v) is 3.88. The quantitative estimate of drug-likeness (QED) is 0.817. The largest absolute Gasteiger partial charge is 0.308 e. The normalized spacial score (nSPS) is 11.8. The molecule has 0 unspecified atom stereocenters. The van der Waals surface area contributed by atoms with E-state index < -0.39 is 10.0 Å². The molecule has 1 aromatic carbocycles. The molecule has 20 heavy (non-hydrogen) atoms. The number of primary sulfonamides is 1. The van der Waals surface area contributed by atoms with Crippen LogP contribution in [0.3, 0.4) is 0 Å². The van der Waals surface area contributed by atoms with Crippen LogP contribution in [0.25, 0.3) is 0 Å². The van der Waals surface area contributed by atoms with Gasteiger partial charge in [0.05, 0.1) is 4.90 Å². The highest BCUT2D eigenvalue weighted by Gasteiger charge is 2.07. The van der Waals surface area contributed by atoms with Crippen molar-refractivity contribution in [1.29, 1.82) is 0 Å². The van der Waals surface area contributed by atoms with Crippen molar-refractivity contribution in [2.75, 3.05) is 0 Å². The summed E-state index contributed by atoms with van der Waals surface area (Å²) >= 11 is 10.8. The van der Waals surface area contributed by atoms with E-state index >= 15 is 0 Å². The fourth-order valence-electron chi connectivity index (χ4n) is 1.61. The molecule has 0 saturated carbocycles. The van der Waals surface area contributed by atoms with Gasteiger partial charge in [0.25, 0.3) is 0 Å². The van der Waals surface area contributed by atoms with Crippen molar-refractivity contribution in [3.63, 3.8) is 0 Å². The third-order valence-electron chi connectivity index (χ3n) is 2.58. The Hall–Kier alpha value is -0.440.